The van der Waals surface area contributed by atoms with E-state index < -0.39 is 22.9 Å². The summed E-state index contributed by atoms with van der Waals surface area (Å²) >= 11 is 0. The lowest BCUT2D eigenvalue weighted by atomic mass is 9.63. The maximum atomic E-state index is 13.9. The van der Waals surface area contributed by atoms with Gasteiger partial charge in [0.1, 0.15) is 17.1 Å². The predicted molar refractivity (Wildman–Crippen MR) is 128 cm³/mol. The second-order valence-electron chi connectivity index (χ2n) is 11.3. The van der Waals surface area contributed by atoms with Gasteiger partial charge < -0.3 is 30.9 Å². The quantitative estimate of drug-likeness (QED) is 0.369. The number of primary amides is 1. The third kappa shape index (κ3) is 2.77. The maximum Gasteiger partial charge on any atom is 0.255 e. The molecule has 1 amide bonds. The lowest BCUT2D eigenvalue weighted by molar-refractivity contribution is -0.127. The van der Waals surface area contributed by atoms with Gasteiger partial charge >= 0.3 is 0 Å². The topological polar surface area (TPSA) is 145 Å². The van der Waals surface area contributed by atoms with Crippen LogP contribution >= 0.6 is 0 Å². The molecule has 0 bridgehead atoms. The summed E-state index contributed by atoms with van der Waals surface area (Å²) in [6.45, 7) is 1.81. The van der Waals surface area contributed by atoms with Gasteiger partial charge in [-0.15, -0.1) is 0 Å². The van der Waals surface area contributed by atoms with Gasteiger partial charge in [-0.2, -0.15) is 0 Å². The number of carbonyl (C=O) groups excluding carboxylic acids is 3. The fourth-order valence-electron chi connectivity index (χ4n) is 7.13. The number of hydrogen-bond acceptors (Lipinski definition) is 8. The molecule has 1 aromatic carbocycles. The van der Waals surface area contributed by atoms with E-state index in [4.69, 9.17) is 10.5 Å². The number of nitrogens with one attached hydrogen (secondary N) is 1. The van der Waals surface area contributed by atoms with Gasteiger partial charge in [-0.05, 0) is 67.7 Å². The van der Waals surface area contributed by atoms with Gasteiger partial charge in [0, 0.05) is 43.2 Å². The van der Waals surface area contributed by atoms with E-state index in [1.165, 1.54) is 12.8 Å². The van der Waals surface area contributed by atoms with Gasteiger partial charge in [0.05, 0.1) is 5.56 Å². The molecule has 0 aromatic heterocycles. The molecule has 1 saturated heterocycles. The number of nitrogens with zero attached hydrogens (tertiary/aromatic N) is 1. The first-order valence-corrected chi connectivity index (χ1v) is 12.8. The number of ketones is 2. The Kier molecular flexibility index (Phi) is 4.34. The molecule has 36 heavy (non-hydrogen) atoms. The van der Waals surface area contributed by atoms with Crippen LogP contribution in [0.1, 0.15) is 59.6 Å². The molecule has 188 valence electrons. The number of amides is 1. The van der Waals surface area contributed by atoms with Gasteiger partial charge in [0.25, 0.3) is 5.91 Å². The first-order valence-electron chi connectivity index (χ1n) is 12.8. The molecule has 4 aliphatic carbocycles. The number of aliphatic hydroxyl groups excluding tert-OH is 1. The zero-order valence-electron chi connectivity index (χ0n) is 20.1. The highest BCUT2D eigenvalue weighted by Crippen LogP contribution is 2.63. The molecule has 1 saturated carbocycles. The van der Waals surface area contributed by atoms with E-state index in [-0.39, 0.29) is 52.9 Å². The first-order chi connectivity index (χ1) is 17.2. The van der Waals surface area contributed by atoms with Crippen LogP contribution in [0.2, 0.25) is 0 Å². The van der Waals surface area contributed by atoms with Crippen molar-refractivity contribution >= 4 is 23.2 Å². The van der Waals surface area contributed by atoms with Crippen molar-refractivity contribution < 1.29 is 29.3 Å². The molecule has 2 fully saturated rings. The molecule has 5 N–H and O–H groups in total. The Labute approximate surface area is 208 Å². The molecule has 2 aliphatic heterocycles. The van der Waals surface area contributed by atoms with Crippen molar-refractivity contribution in [1.29, 1.82) is 0 Å². The molecule has 7 rings (SSSR count). The van der Waals surface area contributed by atoms with Crippen LogP contribution in [0.25, 0.3) is 0 Å². The van der Waals surface area contributed by atoms with Crippen LogP contribution in [-0.4, -0.2) is 53.4 Å². The van der Waals surface area contributed by atoms with E-state index in [0.29, 0.717) is 18.4 Å². The van der Waals surface area contributed by atoms with Crippen molar-refractivity contribution in [2.45, 2.75) is 50.2 Å². The number of rotatable bonds is 4. The van der Waals surface area contributed by atoms with Crippen LogP contribution in [0.4, 0.5) is 5.69 Å². The number of anilines is 1. The van der Waals surface area contributed by atoms with Crippen molar-refractivity contribution in [2.75, 3.05) is 25.0 Å². The highest BCUT2D eigenvalue weighted by Gasteiger charge is 2.72. The highest BCUT2D eigenvalue weighted by molar-refractivity contribution is 6.26. The Hall–Kier alpha value is -3.33. The molecule has 4 atom stereocenters. The van der Waals surface area contributed by atoms with Crippen LogP contribution in [0.3, 0.4) is 0 Å². The second kappa shape index (κ2) is 7.12. The van der Waals surface area contributed by atoms with Crippen LogP contribution in [0, 0.1) is 17.8 Å². The Morgan fingerprint density at radius 1 is 1.25 bits per heavy atom. The highest BCUT2D eigenvalue weighted by atomic mass is 16.6. The minimum atomic E-state index is -1.39. The third-order valence-electron chi connectivity index (χ3n) is 9.09. The molecule has 2 heterocycles. The molecule has 9 nitrogen and oxygen atoms in total. The van der Waals surface area contributed by atoms with E-state index in [0.717, 1.165) is 42.2 Å². The van der Waals surface area contributed by atoms with Crippen molar-refractivity contribution in [3.63, 3.8) is 0 Å². The SMILES string of the molecule is CN1CCC(NCC2CC2)c2cc(O)c3c(c21)C[C@H]1CC2CC(O)=C(C(N)=O)C(=O)[C@]24OC4=C1C3=O. The molecule has 0 radical (unpaired) electrons. The number of benzene rings is 1. The van der Waals surface area contributed by atoms with Gasteiger partial charge in [-0.3, -0.25) is 14.4 Å². The van der Waals surface area contributed by atoms with Crippen LogP contribution < -0.4 is 16.0 Å². The number of phenols is 1. The van der Waals surface area contributed by atoms with E-state index >= 15 is 0 Å². The number of aromatic hydroxyl groups is 1. The number of carbonyl (C=O) groups is 3. The Balaban J connectivity index is 1.32. The van der Waals surface area contributed by atoms with E-state index in [1.54, 1.807) is 6.07 Å². The number of Topliss-reactive ketones (excluding diaryl/α,β-unsaturated/α-hetero) is 2. The average Bonchev–Trinajstić information content (AvgIpc) is 3.72. The van der Waals surface area contributed by atoms with E-state index in [9.17, 15) is 24.6 Å². The zero-order chi connectivity index (χ0) is 25.1. The number of phenolic OH excluding ortho intramolecular Hbond substituents is 1. The second-order valence-corrected chi connectivity index (χ2v) is 11.3. The fourth-order valence-corrected chi connectivity index (χ4v) is 7.13. The average molecular weight is 492 g/mol. The molecule has 1 spiro atoms. The van der Waals surface area contributed by atoms with E-state index in [1.807, 2.05) is 7.05 Å². The smallest absolute Gasteiger partial charge is 0.255 e. The number of ether oxygens (including phenoxy) is 1. The largest absolute Gasteiger partial charge is 0.511 e. The lowest BCUT2D eigenvalue weighted by Gasteiger charge is -2.40. The van der Waals surface area contributed by atoms with Gasteiger partial charge in [-0.25, -0.2) is 0 Å². The maximum absolute atomic E-state index is 13.9. The Morgan fingerprint density at radius 3 is 2.75 bits per heavy atom. The fraction of sp³-hybridized carbons (Fsp3) is 0.519. The summed E-state index contributed by atoms with van der Waals surface area (Å²) in [4.78, 5) is 41.1. The van der Waals surface area contributed by atoms with Crippen molar-refractivity contribution in [1.82, 2.24) is 5.32 Å². The molecular weight excluding hydrogens is 462 g/mol. The van der Waals surface area contributed by atoms with E-state index in [2.05, 4.69) is 10.2 Å². The number of hydrogen-bond donors (Lipinski definition) is 4. The minimum Gasteiger partial charge on any atom is -0.511 e. The number of fused-ring (bicyclic) bond motifs is 4. The van der Waals surface area contributed by atoms with Crippen molar-refractivity contribution in [2.24, 2.45) is 23.5 Å². The molecular formula is C27H29N3O6. The summed E-state index contributed by atoms with van der Waals surface area (Å²) < 4.78 is 5.87. The number of aliphatic hydroxyl groups is 1. The van der Waals surface area contributed by atoms with Crippen molar-refractivity contribution in [3.05, 3.63) is 45.4 Å². The van der Waals surface area contributed by atoms with Crippen LogP contribution in [0.15, 0.2) is 28.7 Å². The van der Waals surface area contributed by atoms with Gasteiger partial charge in [0.15, 0.2) is 11.5 Å². The summed E-state index contributed by atoms with van der Waals surface area (Å²) in [5.41, 5.74) is 7.10. The molecule has 9 heteroatoms. The Morgan fingerprint density at radius 2 is 2.03 bits per heavy atom. The van der Waals surface area contributed by atoms with Crippen molar-refractivity contribution in [3.8, 4) is 5.75 Å². The number of nitrogens with two attached hydrogens (primary N) is 1. The van der Waals surface area contributed by atoms with Gasteiger partial charge in [0.2, 0.25) is 11.4 Å². The number of epoxide rings is 1. The molecule has 1 aromatic rings. The summed E-state index contributed by atoms with van der Waals surface area (Å²) in [5.74, 6) is -1.88. The Bertz CT molecular complexity index is 1340. The molecule has 2 unspecified atom stereocenters. The normalized spacial score (nSPS) is 32.2. The van der Waals surface area contributed by atoms with Gasteiger partial charge in [-0.1, -0.05) is 0 Å². The zero-order valence-corrected chi connectivity index (χ0v) is 20.1. The minimum absolute atomic E-state index is 0.0454. The summed E-state index contributed by atoms with van der Waals surface area (Å²) in [5, 5.41) is 25.2. The lowest BCUT2D eigenvalue weighted by Crippen LogP contribution is -2.46. The third-order valence-corrected chi connectivity index (χ3v) is 9.09. The summed E-state index contributed by atoms with van der Waals surface area (Å²) in [6, 6.07) is 1.85. The van der Waals surface area contributed by atoms with Crippen LogP contribution in [-0.2, 0) is 20.7 Å². The first kappa shape index (κ1) is 21.9. The monoisotopic (exact) mass is 491 g/mol. The number of allylic oxidation sites excluding steroid dienone is 2. The predicted octanol–water partition coefficient (Wildman–Crippen LogP) is 1.94. The molecule has 6 aliphatic rings. The standard InChI is InChI=1S/C27H29N3O6/c1-30-5-4-16(29-10-11-2-3-11)14-9-18(32)20-15(22(14)30)7-12-6-13-8-17(31)21(26(28)35)24(34)27(13)25(36-27)19(12)23(20)33/h9,11-13,16,29,31-32H,2-8,10H2,1H3,(H2,28,35)/t12-,13?,16?,27-/m1/s1. The summed E-state index contributed by atoms with van der Waals surface area (Å²) in [7, 11) is 2.02. The summed E-state index contributed by atoms with van der Waals surface area (Å²) in [6.07, 6.45) is 4.54. The van der Waals surface area contributed by atoms with Crippen LogP contribution in [0.5, 0.6) is 5.75 Å².